The summed E-state index contributed by atoms with van der Waals surface area (Å²) in [5.74, 6) is -0.804. The van der Waals surface area contributed by atoms with Gasteiger partial charge in [-0.25, -0.2) is 4.39 Å². The lowest BCUT2D eigenvalue weighted by atomic mass is 10.3. The maximum atomic E-state index is 12.7. The molecular weight excluding hydrogens is 201 g/mol. The van der Waals surface area contributed by atoms with E-state index >= 15 is 0 Å². The van der Waals surface area contributed by atoms with Crippen LogP contribution in [0.25, 0.3) is 0 Å². The Morgan fingerprint density at radius 1 is 1.62 bits per heavy atom. The van der Waals surface area contributed by atoms with Gasteiger partial charge in [0.2, 0.25) is 0 Å². The van der Waals surface area contributed by atoms with Crippen LogP contribution in [0.3, 0.4) is 0 Å². The van der Waals surface area contributed by atoms with Crippen LogP contribution in [0, 0.1) is 15.9 Å². The molecule has 70 valence electrons. The van der Waals surface area contributed by atoms with Crippen LogP contribution >= 0.6 is 11.6 Å². The molecule has 0 fully saturated rings. The normalized spacial score (nSPS) is 9.77. The molecule has 0 amide bonds. The standard InChI is InChI=1S/C7H5ClFNO3/c1-13-6-3-4(9)2-5(7(6)8)10(11)12/h2-3H,1H3. The van der Waals surface area contributed by atoms with Gasteiger partial charge in [0, 0.05) is 6.07 Å². The summed E-state index contributed by atoms with van der Waals surface area (Å²) >= 11 is 5.54. The second-order valence-electron chi connectivity index (χ2n) is 2.20. The van der Waals surface area contributed by atoms with Gasteiger partial charge < -0.3 is 4.74 Å². The Kier molecular flexibility index (Phi) is 2.67. The van der Waals surface area contributed by atoms with Crippen LogP contribution < -0.4 is 4.74 Å². The summed E-state index contributed by atoms with van der Waals surface area (Å²) < 4.78 is 17.4. The van der Waals surface area contributed by atoms with E-state index in [9.17, 15) is 14.5 Å². The average Bonchev–Trinajstić information content (AvgIpc) is 2.08. The summed E-state index contributed by atoms with van der Waals surface area (Å²) in [5.41, 5.74) is -0.501. The number of nitro benzene ring substituents is 1. The average molecular weight is 206 g/mol. The van der Waals surface area contributed by atoms with E-state index < -0.39 is 16.4 Å². The molecule has 0 aromatic heterocycles. The summed E-state index contributed by atoms with van der Waals surface area (Å²) in [4.78, 5) is 9.57. The smallest absolute Gasteiger partial charge is 0.294 e. The predicted molar refractivity (Wildman–Crippen MR) is 44.6 cm³/mol. The number of hydrogen-bond donors (Lipinski definition) is 0. The Hall–Kier alpha value is -1.36. The lowest BCUT2D eigenvalue weighted by Gasteiger charge is -2.02. The number of rotatable bonds is 2. The van der Waals surface area contributed by atoms with Crippen molar-refractivity contribution in [1.29, 1.82) is 0 Å². The van der Waals surface area contributed by atoms with Gasteiger partial charge in [0.1, 0.15) is 11.6 Å². The number of benzene rings is 1. The van der Waals surface area contributed by atoms with Crippen molar-refractivity contribution >= 4 is 17.3 Å². The van der Waals surface area contributed by atoms with E-state index in [-0.39, 0.29) is 10.8 Å². The third-order valence-corrected chi connectivity index (χ3v) is 1.78. The van der Waals surface area contributed by atoms with Crippen LogP contribution in [0.4, 0.5) is 10.1 Å². The second kappa shape index (κ2) is 3.57. The van der Waals surface area contributed by atoms with Crippen LogP contribution in [0.5, 0.6) is 5.75 Å². The molecule has 0 atom stereocenters. The minimum Gasteiger partial charge on any atom is -0.495 e. The number of methoxy groups -OCH3 is 1. The zero-order chi connectivity index (χ0) is 10.0. The Morgan fingerprint density at radius 2 is 2.23 bits per heavy atom. The number of nitrogens with zero attached hydrogens (tertiary/aromatic N) is 1. The molecule has 0 aliphatic rings. The summed E-state index contributed by atoms with van der Waals surface area (Å²) in [6.07, 6.45) is 0. The molecule has 0 saturated carbocycles. The topological polar surface area (TPSA) is 52.4 Å². The molecule has 0 radical (unpaired) electrons. The highest BCUT2D eigenvalue weighted by molar-refractivity contribution is 6.34. The first kappa shape index (κ1) is 9.73. The van der Waals surface area contributed by atoms with Crippen LogP contribution in [-0.2, 0) is 0 Å². The maximum Gasteiger partial charge on any atom is 0.294 e. The third-order valence-electron chi connectivity index (χ3n) is 1.40. The SMILES string of the molecule is COc1cc(F)cc([N+](=O)[O-])c1Cl. The van der Waals surface area contributed by atoms with Crippen LogP contribution in [0.15, 0.2) is 12.1 Å². The molecule has 0 spiro atoms. The molecule has 0 N–H and O–H groups in total. The second-order valence-corrected chi connectivity index (χ2v) is 2.58. The molecule has 0 unspecified atom stereocenters. The van der Waals surface area contributed by atoms with Crippen LogP contribution in [0.2, 0.25) is 5.02 Å². The first-order valence-corrected chi connectivity index (χ1v) is 3.61. The van der Waals surface area contributed by atoms with Crippen molar-refractivity contribution in [2.24, 2.45) is 0 Å². The third kappa shape index (κ3) is 1.86. The minimum absolute atomic E-state index is 0.0478. The monoisotopic (exact) mass is 205 g/mol. The largest absolute Gasteiger partial charge is 0.495 e. The number of halogens is 2. The van der Waals surface area contributed by atoms with Gasteiger partial charge in [0.25, 0.3) is 5.69 Å². The minimum atomic E-state index is -0.770. The van der Waals surface area contributed by atoms with E-state index in [2.05, 4.69) is 4.74 Å². The van der Waals surface area contributed by atoms with E-state index in [0.717, 1.165) is 12.1 Å². The van der Waals surface area contributed by atoms with E-state index in [1.54, 1.807) is 0 Å². The molecule has 0 saturated heterocycles. The fourth-order valence-electron chi connectivity index (χ4n) is 0.832. The molecule has 0 heterocycles. The molecule has 1 rings (SSSR count). The summed E-state index contributed by atoms with van der Waals surface area (Å²) in [7, 11) is 1.25. The van der Waals surface area contributed by atoms with Gasteiger partial charge >= 0.3 is 0 Å². The Bertz CT molecular complexity index is 356. The van der Waals surface area contributed by atoms with Crippen molar-refractivity contribution in [3.63, 3.8) is 0 Å². The van der Waals surface area contributed by atoms with Gasteiger partial charge in [-0.1, -0.05) is 11.6 Å². The fourth-order valence-corrected chi connectivity index (χ4v) is 1.09. The Labute approximate surface area is 78.0 Å². The van der Waals surface area contributed by atoms with Crippen molar-refractivity contribution in [2.45, 2.75) is 0 Å². The molecule has 1 aromatic carbocycles. The fraction of sp³-hybridized carbons (Fsp3) is 0.143. The van der Waals surface area contributed by atoms with Gasteiger partial charge in [-0.05, 0) is 0 Å². The number of ether oxygens (including phenoxy) is 1. The Morgan fingerprint density at radius 3 is 2.69 bits per heavy atom. The van der Waals surface area contributed by atoms with Gasteiger partial charge in [-0.15, -0.1) is 0 Å². The summed E-state index contributed by atoms with van der Waals surface area (Å²) in [6, 6.07) is 1.72. The quantitative estimate of drug-likeness (QED) is 0.550. The molecule has 1 aromatic rings. The zero-order valence-electron chi connectivity index (χ0n) is 6.58. The van der Waals surface area contributed by atoms with Crippen molar-refractivity contribution < 1.29 is 14.1 Å². The van der Waals surface area contributed by atoms with Crippen molar-refractivity contribution in [3.8, 4) is 5.75 Å². The highest BCUT2D eigenvalue weighted by Crippen LogP contribution is 2.34. The van der Waals surface area contributed by atoms with Gasteiger partial charge in [0.15, 0.2) is 5.02 Å². The van der Waals surface area contributed by atoms with Gasteiger partial charge in [-0.3, -0.25) is 10.1 Å². The molecule has 13 heavy (non-hydrogen) atoms. The maximum absolute atomic E-state index is 12.7. The number of hydrogen-bond acceptors (Lipinski definition) is 3. The first-order chi connectivity index (χ1) is 6.06. The van der Waals surface area contributed by atoms with Crippen LogP contribution in [-0.4, -0.2) is 12.0 Å². The predicted octanol–water partition coefficient (Wildman–Crippen LogP) is 2.40. The molecule has 0 aliphatic heterocycles. The molecule has 0 bridgehead atoms. The number of nitro groups is 1. The summed E-state index contributed by atoms with van der Waals surface area (Å²) in [6.45, 7) is 0. The van der Waals surface area contributed by atoms with Gasteiger partial charge in [0.05, 0.1) is 18.1 Å². The summed E-state index contributed by atoms with van der Waals surface area (Å²) in [5, 5.41) is 10.1. The van der Waals surface area contributed by atoms with E-state index in [4.69, 9.17) is 11.6 Å². The highest BCUT2D eigenvalue weighted by Gasteiger charge is 2.18. The van der Waals surface area contributed by atoms with E-state index in [0.29, 0.717) is 0 Å². The van der Waals surface area contributed by atoms with E-state index in [1.807, 2.05) is 0 Å². The van der Waals surface area contributed by atoms with E-state index in [1.165, 1.54) is 7.11 Å². The molecule has 6 heteroatoms. The highest BCUT2D eigenvalue weighted by atomic mass is 35.5. The molecule has 4 nitrogen and oxygen atoms in total. The lowest BCUT2D eigenvalue weighted by molar-refractivity contribution is -0.384. The van der Waals surface area contributed by atoms with Crippen molar-refractivity contribution in [3.05, 3.63) is 33.1 Å². The molecule has 0 aliphatic carbocycles. The van der Waals surface area contributed by atoms with Gasteiger partial charge in [-0.2, -0.15) is 0 Å². The Balaban J connectivity index is 3.35. The zero-order valence-corrected chi connectivity index (χ0v) is 7.34. The first-order valence-electron chi connectivity index (χ1n) is 3.23. The van der Waals surface area contributed by atoms with Crippen molar-refractivity contribution in [1.82, 2.24) is 0 Å². The lowest BCUT2D eigenvalue weighted by Crippen LogP contribution is -1.93. The van der Waals surface area contributed by atoms with Crippen molar-refractivity contribution in [2.75, 3.05) is 7.11 Å². The molecular formula is C7H5ClFNO3. The van der Waals surface area contributed by atoms with Crippen LogP contribution in [0.1, 0.15) is 0 Å².